The number of anilines is 2. The summed E-state index contributed by atoms with van der Waals surface area (Å²) < 4.78 is 0.599. The standard InChI is InChI=1S/C9H8BrN3O3/c10-5-3-6-9(7(4-5)13(15)16)12-8(14)1-2-11-6/h3-4,11H,1-2H2,(H,12,14). The zero-order chi connectivity index (χ0) is 11.7. The van der Waals surface area contributed by atoms with E-state index in [1.54, 1.807) is 6.07 Å². The Hall–Kier alpha value is -1.63. The third-order valence-corrected chi connectivity index (χ3v) is 2.67. The summed E-state index contributed by atoms with van der Waals surface area (Å²) in [6.45, 7) is 0.465. The van der Waals surface area contributed by atoms with Crippen LogP contribution in [0.2, 0.25) is 0 Å². The lowest BCUT2D eigenvalue weighted by Crippen LogP contribution is -2.11. The molecule has 0 fully saturated rings. The van der Waals surface area contributed by atoms with Crippen LogP contribution >= 0.6 is 15.9 Å². The molecule has 0 saturated heterocycles. The molecule has 0 aromatic heterocycles. The quantitative estimate of drug-likeness (QED) is 0.611. The molecule has 1 amide bonds. The first-order chi connectivity index (χ1) is 7.58. The first-order valence-corrected chi connectivity index (χ1v) is 5.39. The number of benzene rings is 1. The van der Waals surface area contributed by atoms with Crippen LogP contribution in [0.5, 0.6) is 0 Å². The molecule has 0 unspecified atom stereocenters. The molecule has 0 aliphatic carbocycles. The van der Waals surface area contributed by atoms with Gasteiger partial charge in [-0.1, -0.05) is 15.9 Å². The smallest absolute Gasteiger partial charge is 0.296 e. The topological polar surface area (TPSA) is 84.3 Å². The highest BCUT2D eigenvalue weighted by Gasteiger charge is 2.23. The minimum atomic E-state index is -0.517. The zero-order valence-corrected chi connectivity index (χ0v) is 9.70. The van der Waals surface area contributed by atoms with Gasteiger partial charge in [-0.15, -0.1) is 0 Å². The number of nitro benzene ring substituents is 1. The Balaban J connectivity index is 2.58. The average Bonchev–Trinajstić information content (AvgIpc) is 2.37. The fraction of sp³-hybridized carbons (Fsp3) is 0.222. The molecule has 1 aromatic rings. The van der Waals surface area contributed by atoms with E-state index >= 15 is 0 Å². The van der Waals surface area contributed by atoms with Crippen molar-refractivity contribution in [1.29, 1.82) is 0 Å². The molecule has 6 nitrogen and oxygen atoms in total. The number of amides is 1. The summed E-state index contributed by atoms with van der Waals surface area (Å²) in [6, 6.07) is 3.07. The minimum absolute atomic E-state index is 0.118. The molecule has 16 heavy (non-hydrogen) atoms. The van der Waals surface area contributed by atoms with Gasteiger partial charge in [0.15, 0.2) is 0 Å². The SMILES string of the molecule is O=C1CCNc2cc(Br)cc([N+](=O)[O-])c2N1. The first kappa shape index (κ1) is 10.9. The second-order valence-electron chi connectivity index (χ2n) is 3.33. The van der Waals surface area contributed by atoms with Crippen LogP contribution in [0.25, 0.3) is 0 Å². The molecule has 1 aliphatic heterocycles. The van der Waals surface area contributed by atoms with E-state index in [9.17, 15) is 14.9 Å². The maximum atomic E-state index is 11.3. The van der Waals surface area contributed by atoms with Gasteiger partial charge in [-0.2, -0.15) is 0 Å². The van der Waals surface area contributed by atoms with Crippen molar-refractivity contribution in [2.75, 3.05) is 17.2 Å². The summed E-state index contributed by atoms with van der Waals surface area (Å²) >= 11 is 3.19. The molecule has 2 N–H and O–H groups in total. The number of hydrogen-bond donors (Lipinski definition) is 2. The Morgan fingerprint density at radius 3 is 2.88 bits per heavy atom. The molecule has 0 bridgehead atoms. The molecule has 7 heteroatoms. The van der Waals surface area contributed by atoms with Crippen molar-refractivity contribution in [3.63, 3.8) is 0 Å². The van der Waals surface area contributed by atoms with Crippen molar-refractivity contribution in [2.45, 2.75) is 6.42 Å². The lowest BCUT2D eigenvalue weighted by molar-refractivity contribution is -0.383. The molecule has 84 valence electrons. The third-order valence-electron chi connectivity index (χ3n) is 2.21. The van der Waals surface area contributed by atoms with E-state index in [1.165, 1.54) is 6.07 Å². The maximum Gasteiger partial charge on any atom is 0.296 e. The average molecular weight is 286 g/mol. The maximum absolute atomic E-state index is 11.3. The van der Waals surface area contributed by atoms with Crippen molar-refractivity contribution in [1.82, 2.24) is 0 Å². The molecule has 2 rings (SSSR count). The number of hydrogen-bond acceptors (Lipinski definition) is 4. The van der Waals surface area contributed by atoms with Gasteiger partial charge in [0.05, 0.1) is 10.6 Å². The Morgan fingerprint density at radius 1 is 1.44 bits per heavy atom. The highest BCUT2D eigenvalue weighted by molar-refractivity contribution is 9.10. The van der Waals surface area contributed by atoms with Crippen LogP contribution in [0.15, 0.2) is 16.6 Å². The summed E-state index contributed by atoms with van der Waals surface area (Å²) in [5.41, 5.74) is 0.676. The summed E-state index contributed by atoms with van der Waals surface area (Å²) in [4.78, 5) is 21.7. The van der Waals surface area contributed by atoms with Crippen LogP contribution in [0, 0.1) is 10.1 Å². The van der Waals surface area contributed by atoms with Gasteiger partial charge in [0.25, 0.3) is 5.69 Å². The molecule has 1 aliphatic rings. The molecule has 0 saturated carbocycles. The third kappa shape index (κ3) is 1.99. The van der Waals surface area contributed by atoms with E-state index < -0.39 is 4.92 Å². The largest absolute Gasteiger partial charge is 0.383 e. The van der Waals surface area contributed by atoms with E-state index in [1.807, 2.05) is 0 Å². The van der Waals surface area contributed by atoms with E-state index in [0.29, 0.717) is 23.1 Å². The summed E-state index contributed by atoms with van der Waals surface area (Å²) in [7, 11) is 0. The highest BCUT2D eigenvalue weighted by atomic mass is 79.9. The Morgan fingerprint density at radius 2 is 2.19 bits per heavy atom. The van der Waals surface area contributed by atoms with Crippen LogP contribution in [-0.4, -0.2) is 17.4 Å². The van der Waals surface area contributed by atoms with Crippen molar-refractivity contribution in [3.8, 4) is 0 Å². The van der Waals surface area contributed by atoms with Crippen LogP contribution in [0.1, 0.15) is 6.42 Å². The van der Waals surface area contributed by atoms with E-state index in [-0.39, 0.29) is 17.3 Å². The number of nitrogens with zero attached hydrogens (tertiary/aromatic N) is 1. The van der Waals surface area contributed by atoms with Gasteiger partial charge in [0.1, 0.15) is 5.69 Å². The molecule has 1 heterocycles. The lowest BCUT2D eigenvalue weighted by atomic mass is 10.2. The molecule has 0 spiro atoms. The fourth-order valence-electron chi connectivity index (χ4n) is 1.52. The number of carbonyl (C=O) groups is 1. The summed E-state index contributed by atoms with van der Waals surface area (Å²) in [6.07, 6.45) is 0.295. The normalized spacial score (nSPS) is 14.4. The van der Waals surface area contributed by atoms with Crippen molar-refractivity contribution in [3.05, 3.63) is 26.7 Å². The molecule has 0 atom stereocenters. The number of nitro groups is 1. The second-order valence-corrected chi connectivity index (χ2v) is 4.25. The van der Waals surface area contributed by atoms with E-state index in [2.05, 4.69) is 26.6 Å². The minimum Gasteiger partial charge on any atom is -0.383 e. The lowest BCUT2D eigenvalue weighted by Gasteiger charge is -2.08. The van der Waals surface area contributed by atoms with Gasteiger partial charge >= 0.3 is 0 Å². The summed E-state index contributed by atoms with van der Waals surface area (Å²) in [5, 5.41) is 16.4. The molecular weight excluding hydrogens is 278 g/mol. The Bertz CT molecular complexity index is 475. The van der Waals surface area contributed by atoms with Crippen LogP contribution < -0.4 is 10.6 Å². The Labute approximate surface area is 99.3 Å². The van der Waals surface area contributed by atoms with Gasteiger partial charge in [0, 0.05) is 23.5 Å². The number of carbonyl (C=O) groups excluding carboxylic acids is 1. The predicted octanol–water partition coefficient (Wildman–Crippen LogP) is 2.11. The molecule has 0 radical (unpaired) electrons. The van der Waals surface area contributed by atoms with Crippen molar-refractivity contribution in [2.24, 2.45) is 0 Å². The zero-order valence-electron chi connectivity index (χ0n) is 8.12. The van der Waals surface area contributed by atoms with Crippen molar-refractivity contribution >= 4 is 38.9 Å². The van der Waals surface area contributed by atoms with Crippen molar-refractivity contribution < 1.29 is 9.72 Å². The number of nitrogens with one attached hydrogen (secondary N) is 2. The van der Waals surface area contributed by atoms with Gasteiger partial charge < -0.3 is 10.6 Å². The fourth-order valence-corrected chi connectivity index (χ4v) is 1.97. The summed E-state index contributed by atoms with van der Waals surface area (Å²) in [5.74, 6) is -0.225. The predicted molar refractivity (Wildman–Crippen MR) is 62.5 cm³/mol. The molecule has 1 aromatic carbocycles. The van der Waals surface area contributed by atoms with Gasteiger partial charge in [0.2, 0.25) is 5.91 Å². The first-order valence-electron chi connectivity index (χ1n) is 4.59. The van der Waals surface area contributed by atoms with E-state index in [4.69, 9.17) is 0 Å². The molecular formula is C9H8BrN3O3. The van der Waals surface area contributed by atoms with Gasteiger partial charge in [-0.3, -0.25) is 14.9 Å². The van der Waals surface area contributed by atoms with Crippen LogP contribution in [0.3, 0.4) is 0 Å². The number of halogens is 1. The van der Waals surface area contributed by atoms with Gasteiger partial charge in [-0.25, -0.2) is 0 Å². The number of rotatable bonds is 1. The van der Waals surface area contributed by atoms with Crippen LogP contribution in [-0.2, 0) is 4.79 Å². The monoisotopic (exact) mass is 285 g/mol. The highest BCUT2D eigenvalue weighted by Crippen LogP contribution is 2.37. The van der Waals surface area contributed by atoms with Crippen LogP contribution in [0.4, 0.5) is 17.1 Å². The second kappa shape index (κ2) is 4.09. The Kier molecular flexibility index (Phi) is 2.78. The van der Waals surface area contributed by atoms with Gasteiger partial charge in [-0.05, 0) is 6.07 Å². The van der Waals surface area contributed by atoms with E-state index in [0.717, 1.165) is 0 Å². The number of fused-ring (bicyclic) bond motifs is 1.